The maximum atomic E-state index is 12.5. The molecule has 1 atom stereocenters. The molecule has 1 aromatic heterocycles. The minimum absolute atomic E-state index is 0.197. The van der Waals surface area contributed by atoms with Crippen molar-refractivity contribution in [3.8, 4) is 0 Å². The average molecular weight is 435 g/mol. The van der Waals surface area contributed by atoms with Crippen molar-refractivity contribution in [2.24, 2.45) is 5.10 Å². The summed E-state index contributed by atoms with van der Waals surface area (Å²) < 4.78 is 1.95. The first-order valence-corrected chi connectivity index (χ1v) is 10.8. The molecular weight excluding hydrogens is 408 g/mol. The number of rotatable bonds is 10. The number of thioether (sulfide) groups is 1. The molecule has 8 heteroatoms. The van der Waals surface area contributed by atoms with Gasteiger partial charge in [-0.1, -0.05) is 66.4 Å². The van der Waals surface area contributed by atoms with Gasteiger partial charge in [0.2, 0.25) is 0 Å². The maximum Gasteiger partial charge on any atom is 0.253 e. The predicted molar refractivity (Wildman–Crippen MR) is 126 cm³/mol. The van der Waals surface area contributed by atoms with Crippen molar-refractivity contribution in [3.05, 3.63) is 84.7 Å². The highest BCUT2D eigenvalue weighted by Gasteiger charge is 2.19. The second-order valence-electron chi connectivity index (χ2n) is 6.82. The van der Waals surface area contributed by atoms with Crippen LogP contribution in [0.5, 0.6) is 0 Å². The Morgan fingerprint density at radius 3 is 2.52 bits per heavy atom. The summed E-state index contributed by atoms with van der Waals surface area (Å²) in [5.41, 5.74) is 5.36. The van der Waals surface area contributed by atoms with Gasteiger partial charge in [0.1, 0.15) is 0 Å². The summed E-state index contributed by atoms with van der Waals surface area (Å²) in [6.07, 6.45) is 1.79. The van der Waals surface area contributed by atoms with Crippen LogP contribution in [-0.4, -0.2) is 31.6 Å². The van der Waals surface area contributed by atoms with E-state index in [4.69, 9.17) is 0 Å². The largest absolute Gasteiger partial charge is 0.378 e. The first kappa shape index (κ1) is 22.3. The monoisotopic (exact) mass is 434 g/mol. The van der Waals surface area contributed by atoms with Crippen LogP contribution in [-0.2, 0) is 17.9 Å². The van der Waals surface area contributed by atoms with E-state index >= 15 is 0 Å². The van der Waals surface area contributed by atoms with Gasteiger partial charge in [0.05, 0.1) is 17.5 Å². The third-order valence-corrected chi connectivity index (χ3v) is 5.59. The molecule has 2 aromatic carbocycles. The number of carbonyl (C=O) groups excluding carboxylic acids is 1. The van der Waals surface area contributed by atoms with E-state index in [0.717, 1.165) is 22.8 Å². The highest BCUT2D eigenvalue weighted by molar-refractivity contribution is 8.00. The van der Waals surface area contributed by atoms with Crippen LogP contribution < -0.4 is 10.7 Å². The summed E-state index contributed by atoms with van der Waals surface area (Å²) in [7, 11) is 0. The Hall–Kier alpha value is -3.39. The lowest BCUT2D eigenvalue weighted by atomic mass is 10.1. The van der Waals surface area contributed by atoms with E-state index in [-0.39, 0.29) is 5.91 Å². The quantitative estimate of drug-likeness (QED) is 0.217. The normalized spacial score (nSPS) is 12.3. The molecule has 31 heavy (non-hydrogen) atoms. The molecule has 1 amide bonds. The SMILES string of the molecule is C=CCn1c(CNc2ccccc2)nnc1SC(C)C(=O)N/N=C(/C)c1ccccc1. The average Bonchev–Trinajstić information content (AvgIpc) is 3.18. The smallest absolute Gasteiger partial charge is 0.253 e. The van der Waals surface area contributed by atoms with Crippen LogP contribution in [0.4, 0.5) is 5.69 Å². The number of allylic oxidation sites excluding steroid dienone is 1. The van der Waals surface area contributed by atoms with Crippen molar-refractivity contribution < 1.29 is 4.79 Å². The van der Waals surface area contributed by atoms with Gasteiger partial charge < -0.3 is 9.88 Å². The number of anilines is 1. The van der Waals surface area contributed by atoms with Gasteiger partial charge in [-0.25, -0.2) is 5.43 Å². The summed E-state index contributed by atoms with van der Waals surface area (Å²) in [4.78, 5) is 12.5. The van der Waals surface area contributed by atoms with Gasteiger partial charge in [-0.3, -0.25) is 4.79 Å². The number of nitrogens with zero attached hydrogens (tertiary/aromatic N) is 4. The minimum atomic E-state index is -0.393. The van der Waals surface area contributed by atoms with Crippen molar-refractivity contribution in [2.45, 2.75) is 37.3 Å². The molecule has 3 aromatic rings. The molecule has 0 aliphatic carbocycles. The molecule has 7 nitrogen and oxygen atoms in total. The van der Waals surface area contributed by atoms with E-state index in [1.807, 2.05) is 79.1 Å². The Morgan fingerprint density at radius 1 is 1.16 bits per heavy atom. The first-order valence-electron chi connectivity index (χ1n) is 9.96. The van der Waals surface area contributed by atoms with Crippen LogP contribution >= 0.6 is 11.8 Å². The lowest BCUT2D eigenvalue weighted by Crippen LogP contribution is -2.28. The topological polar surface area (TPSA) is 84.2 Å². The minimum Gasteiger partial charge on any atom is -0.378 e. The number of carbonyl (C=O) groups is 1. The summed E-state index contributed by atoms with van der Waals surface area (Å²) in [6.45, 7) is 8.58. The molecule has 0 radical (unpaired) electrons. The maximum absolute atomic E-state index is 12.5. The highest BCUT2D eigenvalue weighted by atomic mass is 32.2. The van der Waals surface area contributed by atoms with Crippen LogP contribution in [0.25, 0.3) is 0 Å². The van der Waals surface area contributed by atoms with E-state index in [2.05, 4.69) is 32.6 Å². The summed E-state index contributed by atoms with van der Waals surface area (Å²) in [5.74, 6) is 0.578. The van der Waals surface area contributed by atoms with Gasteiger partial charge in [0.25, 0.3) is 5.91 Å². The molecule has 0 saturated carbocycles. The molecule has 0 aliphatic heterocycles. The van der Waals surface area contributed by atoms with Crippen LogP contribution in [0, 0.1) is 0 Å². The molecule has 0 spiro atoms. The number of hydrogen-bond acceptors (Lipinski definition) is 6. The Kier molecular flexibility index (Phi) is 8.00. The van der Waals surface area contributed by atoms with Crippen molar-refractivity contribution in [3.63, 3.8) is 0 Å². The molecule has 1 unspecified atom stereocenters. The first-order chi connectivity index (χ1) is 15.1. The Balaban J connectivity index is 1.63. The summed E-state index contributed by atoms with van der Waals surface area (Å²) in [6, 6.07) is 19.6. The van der Waals surface area contributed by atoms with Crippen molar-refractivity contribution >= 4 is 29.1 Å². The van der Waals surface area contributed by atoms with Gasteiger partial charge in [0.15, 0.2) is 11.0 Å². The predicted octanol–water partition coefficient (Wildman–Crippen LogP) is 4.10. The third-order valence-electron chi connectivity index (χ3n) is 4.51. The molecule has 0 fully saturated rings. The number of amides is 1. The number of benzene rings is 2. The van der Waals surface area contributed by atoms with Crippen LogP contribution in [0.2, 0.25) is 0 Å². The molecule has 3 rings (SSSR count). The molecule has 1 heterocycles. The van der Waals surface area contributed by atoms with Crippen LogP contribution in [0.1, 0.15) is 25.2 Å². The lowest BCUT2D eigenvalue weighted by molar-refractivity contribution is -0.120. The standard InChI is InChI=1S/C23H26N6OS/c1-4-15-29-21(16-24-20-13-9-6-10-14-20)26-28-23(29)31-18(3)22(30)27-25-17(2)19-11-7-5-8-12-19/h4-14,18,24H,1,15-16H2,2-3H3,(H,27,30)/b25-17-. The van der Waals surface area contributed by atoms with E-state index in [1.54, 1.807) is 6.08 Å². The fraction of sp³-hybridized carbons (Fsp3) is 0.217. The van der Waals surface area contributed by atoms with Crippen molar-refractivity contribution in [1.29, 1.82) is 0 Å². The molecular formula is C23H26N6OS. The Bertz CT molecular complexity index is 1030. The number of aromatic nitrogens is 3. The van der Waals surface area contributed by atoms with Crippen molar-refractivity contribution in [1.82, 2.24) is 20.2 Å². The van der Waals surface area contributed by atoms with E-state index in [0.29, 0.717) is 18.2 Å². The zero-order valence-electron chi connectivity index (χ0n) is 17.7. The van der Waals surface area contributed by atoms with Gasteiger partial charge in [-0.05, 0) is 31.5 Å². The van der Waals surface area contributed by atoms with Crippen molar-refractivity contribution in [2.75, 3.05) is 5.32 Å². The Labute approximate surface area is 186 Å². The number of para-hydroxylation sites is 1. The van der Waals surface area contributed by atoms with Gasteiger partial charge in [0, 0.05) is 12.2 Å². The van der Waals surface area contributed by atoms with Gasteiger partial charge in [-0.15, -0.1) is 16.8 Å². The number of nitrogens with one attached hydrogen (secondary N) is 2. The van der Waals surface area contributed by atoms with E-state index in [9.17, 15) is 4.79 Å². The van der Waals surface area contributed by atoms with Gasteiger partial charge >= 0.3 is 0 Å². The lowest BCUT2D eigenvalue weighted by Gasteiger charge is -2.12. The second-order valence-corrected chi connectivity index (χ2v) is 8.12. The van der Waals surface area contributed by atoms with Crippen LogP contribution in [0.3, 0.4) is 0 Å². The fourth-order valence-corrected chi connectivity index (χ4v) is 3.64. The van der Waals surface area contributed by atoms with E-state index < -0.39 is 5.25 Å². The summed E-state index contributed by atoms with van der Waals surface area (Å²) in [5, 5.41) is 16.4. The molecule has 160 valence electrons. The highest BCUT2D eigenvalue weighted by Crippen LogP contribution is 2.23. The van der Waals surface area contributed by atoms with Gasteiger partial charge in [-0.2, -0.15) is 5.10 Å². The molecule has 0 aliphatic rings. The number of hydrogen-bond donors (Lipinski definition) is 2. The zero-order valence-corrected chi connectivity index (χ0v) is 18.5. The molecule has 0 bridgehead atoms. The zero-order chi connectivity index (χ0) is 22.1. The second kappa shape index (κ2) is 11.1. The fourth-order valence-electron chi connectivity index (χ4n) is 2.77. The molecule has 0 saturated heterocycles. The van der Waals surface area contributed by atoms with Crippen LogP contribution in [0.15, 0.2) is 83.6 Å². The number of hydrazone groups is 1. The summed E-state index contributed by atoms with van der Waals surface area (Å²) >= 11 is 1.34. The Morgan fingerprint density at radius 2 is 1.84 bits per heavy atom. The molecule has 2 N–H and O–H groups in total. The van der Waals surface area contributed by atoms with E-state index in [1.165, 1.54) is 11.8 Å². The third kappa shape index (κ3) is 6.29.